The lowest BCUT2D eigenvalue weighted by atomic mass is 10.4. The summed E-state index contributed by atoms with van der Waals surface area (Å²) in [5, 5.41) is 4.09. The normalized spacial score (nSPS) is 18.7. The molecule has 0 saturated heterocycles. The molecule has 5 nitrogen and oxygen atoms in total. The summed E-state index contributed by atoms with van der Waals surface area (Å²) < 4.78 is 0. The van der Waals surface area contributed by atoms with Gasteiger partial charge in [-0.3, -0.25) is 9.59 Å². The molecule has 0 saturated carbocycles. The maximum absolute atomic E-state index is 10.2. The van der Waals surface area contributed by atoms with Crippen molar-refractivity contribution in [2.45, 2.75) is 0 Å². The molecule has 0 fully saturated rings. The summed E-state index contributed by atoms with van der Waals surface area (Å²) in [7, 11) is 0. The highest BCUT2D eigenvalue weighted by Crippen LogP contribution is 1.91. The second-order valence-electron chi connectivity index (χ2n) is 2.63. The standard InChI is InChI=1S/C4H6N2O.C4H5NO/c5-6-2-1-4(7)3-6;6-4-1-2-5-3-4/h1-2H,3,5H2;1-2,5H,3H2. The Morgan fingerprint density at radius 3 is 2.23 bits per heavy atom. The molecule has 2 rings (SSSR count). The number of carbonyl (C=O) groups excluding carboxylic acids is 2. The molecule has 0 spiro atoms. The average Bonchev–Trinajstić information content (AvgIpc) is 2.64. The molecule has 2 aliphatic heterocycles. The van der Waals surface area contributed by atoms with E-state index < -0.39 is 0 Å². The first-order valence-electron chi connectivity index (χ1n) is 3.83. The number of nitrogens with zero attached hydrogens (tertiary/aromatic N) is 1. The van der Waals surface area contributed by atoms with Crippen molar-refractivity contribution in [1.29, 1.82) is 0 Å². The molecule has 3 N–H and O–H groups in total. The molecule has 0 aliphatic carbocycles. The Balaban J connectivity index is 0.000000132. The van der Waals surface area contributed by atoms with Gasteiger partial charge < -0.3 is 10.3 Å². The molecule has 0 aromatic heterocycles. The zero-order valence-electron chi connectivity index (χ0n) is 7.06. The Morgan fingerprint density at radius 2 is 2.08 bits per heavy atom. The van der Waals surface area contributed by atoms with Crippen LogP contribution in [0.4, 0.5) is 0 Å². The quantitative estimate of drug-likeness (QED) is 0.465. The van der Waals surface area contributed by atoms with E-state index in [0.717, 1.165) is 0 Å². The fourth-order valence-corrected chi connectivity index (χ4v) is 0.835. The maximum Gasteiger partial charge on any atom is 0.178 e. The van der Waals surface area contributed by atoms with Crippen LogP contribution in [-0.2, 0) is 9.59 Å². The monoisotopic (exact) mass is 181 g/mol. The van der Waals surface area contributed by atoms with Crippen LogP contribution in [0.15, 0.2) is 24.6 Å². The Labute approximate surface area is 75.9 Å². The summed E-state index contributed by atoms with van der Waals surface area (Å²) in [5.41, 5.74) is 0. The molecule has 0 aromatic carbocycles. The fourth-order valence-electron chi connectivity index (χ4n) is 0.835. The molecule has 0 bridgehead atoms. The highest BCUT2D eigenvalue weighted by atomic mass is 16.1. The van der Waals surface area contributed by atoms with Gasteiger partial charge >= 0.3 is 0 Å². The lowest BCUT2D eigenvalue weighted by Crippen LogP contribution is -2.24. The van der Waals surface area contributed by atoms with Crippen LogP contribution in [0.1, 0.15) is 0 Å². The van der Waals surface area contributed by atoms with Gasteiger partial charge in [-0.2, -0.15) is 0 Å². The predicted octanol–water partition coefficient (Wildman–Crippen LogP) is -1.07. The van der Waals surface area contributed by atoms with E-state index >= 15 is 0 Å². The van der Waals surface area contributed by atoms with Crippen LogP contribution < -0.4 is 11.2 Å². The largest absolute Gasteiger partial charge is 0.383 e. The molecule has 13 heavy (non-hydrogen) atoms. The van der Waals surface area contributed by atoms with Gasteiger partial charge in [-0.1, -0.05) is 0 Å². The van der Waals surface area contributed by atoms with E-state index in [9.17, 15) is 9.59 Å². The van der Waals surface area contributed by atoms with E-state index in [1.54, 1.807) is 12.4 Å². The summed E-state index contributed by atoms with van der Waals surface area (Å²) in [5.74, 6) is 5.38. The molecular weight excluding hydrogens is 170 g/mol. The zero-order valence-corrected chi connectivity index (χ0v) is 7.06. The molecule has 0 atom stereocenters. The van der Waals surface area contributed by atoms with Crippen LogP contribution in [0, 0.1) is 0 Å². The minimum Gasteiger partial charge on any atom is -0.383 e. The predicted molar refractivity (Wildman–Crippen MR) is 47.2 cm³/mol. The van der Waals surface area contributed by atoms with Crippen LogP contribution in [0.5, 0.6) is 0 Å². The first-order valence-corrected chi connectivity index (χ1v) is 3.83. The van der Waals surface area contributed by atoms with Crippen molar-refractivity contribution < 1.29 is 9.59 Å². The molecule has 2 aliphatic rings. The van der Waals surface area contributed by atoms with Crippen molar-refractivity contribution in [2.75, 3.05) is 13.1 Å². The van der Waals surface area contributed by atoms with Gasteiger partial charge in [0, 0.05) is 18.5 Å². The average molecular weight is 181 g/mol. The third-order valence-electron chi connectivity index (χ3n) is 1.45. The summed E-state index contributed by atoms with van der Waals surface area (Å²) >= 11 is 0. The summed E-state index contributed by atoms with van der Waals surface area (Å²) in [6.45, 7) is 0.819. The van der Waals surface area contributed by atoms with Crippen LogP contribution in [0.2, 0.25) is 0 Å². The van der Waals surface area contributed by atoms with Gasteiger partial charge in [-0.25, -0.2) is 5.84 Å². The van der Waals surface area contributed by atoms with Crippen LogP contribution in [0.25, 0.3) is 0 Å². The smallest absolute Gasteiger partial charge is 0.178 e. The van der Waals surface area contributed by atoms with Crippen LogP contribution >= 0.6 is 0 Å². The van der Waals surface area contributed by atoms with Crippen molar-refractivity contribution in [3.63, 3.8) is 0 Å². The Bertz CT molecular complexity index is 271. The van der Waals surface area contributed by atoms with Crippen LogP contribution in [-0.4, -0.2) is 29.7 Å². The third-order valence-corrected chi connectivity index (χ3v) is 1.45. The third kappa shape index (κ3) is 3.53. The number of ketones is 2. The van der Waals surface area contributed by atoms with Crippen molar-refractivity contribution in [1.82, 2.24) is 10.3 Å². The van der Waals surface area contributed by atoms with Crippen molar-refractivity contribution >= 4 is 11.6 Å². The number of hydrazine groups is 1. The molecule has 0 radical (unpaired) electrons. The van der Waals surface area contributed by atoms with Crippen molar-refractivity contribution in [3.05, 3.63) is 24.6 Å². The lowest BCUT2D eigenvalue weighted by Gasteiger charge is -2.01. The van der Waals surface area contributed by atoms with Gasteiger partial charge in [0.05, 0.1) is 13.1 Å². The maximum atomic E-state index is 10.2. The Morgan fingerprint density at radius 1 is 1.31 bits per heavy atom. The second-order valence-corrected chi connectivity index (χ2v) is 2.63. The van der Waals surface area contributed by atoms with Crippen LogP contribution in [0.3, 0.4) is 0 Å². The zero-order chi connectivity index (χ0) is 9.68. The number of hydrogen-bond donors (Lipinski definition) is 2. The Hall–Kier alpha value is -1.62. The number of carbonyl (C=O) groups is 2. The summed E-state index contributed by atoms with van der Waals surface area (Å²) in [4.78, 5) is 20.3. The van der Waals surface area contributed by atoms with Gasteiger partial charge in [-0.05, 0) is 6.08 Å². The lowest BCUT2D eigenvalue weighted by molar-refractivity contribution is -0.114. The minimum atomic E-state index is 0.0718. The summed E-state index contributed by atoms with van der Waals surface area (Å²) in [6, 6.07) is 0. The molecule has 5 heteroatoms. The van der Waals surface area contributed by atoms with Crippen molar-refractivity contribution in [2.24, 2.45) is 5.84 Å². The molecule has 2 heterocycles. The van der Waals surface area contributed by atoms with E-state index in [0.29, 0.717) is 13.1 Å². The van der Waals surface area contributed by atoms with E-state index in [-0.39, 0.29) is 11.6 Å². The first kappa shape index (κ1) is 9.47. The molecule has 0 amide bonds. The van der Waals surface area contributed by atoms with E-state index in [1.165, 1.54) is 17.2 Å². The SMILES string of the molecule is NN1C=CC(=O)C1.O=C1C=CNC1. The van der Waals surface area contributed by atoms with Gasteiger partial charge in [0.2, 0.25) is 0 Å². The van der Waals surface area contributed by atoms with E-state index in [1.807, 2.05) is 0 Å². The first-order chi connectivity index (χ1) is 6.18. The summed E-state index contributed by atoms with van der Waals surface area (Å²) in [6.07, 6.45) is 6.20. The van der Waals surface area contributed by atoms with E-state index in [4.69, 9.17) is 5.84 Å². The highest BCUT2D eigenvalue weighted by molar-refractivity contribution is 5.93. The van der Waals surface area contributed by atoms with Crippen molar-refractivity contribution in [3.8, 4) is 0 Å². The number of hydrogen-bond acceptors (Lipinski definition) is 5. The van der Waals surface area contributed by atoms with E-state index in [2.05, 4.69) is 5.32 Å². The molecule has 0 aromatic rings. The number of nitrogens with one attached hydrogen (secondary N) is 1. The molecule has 70 valence electrons. The topological polar surface area (TPSA) is 75.4 Å². The molecule has 0 unspecified atom stereocenters. The number of nitrogens with two attached hydrogens (primary N) is 1. The minimum absolute atomic E-state index is 0.0718. The van der Waals surface area contributed by atoms with Gasteiger partial charge in [0.25, 0.3) is 0 Å². The van der Waals surface area contributed by atoms with Gasteiger partial charge in [0.15, 0.2) is 11.6 Å². The van der Waals surface area contributed by atoms with Gasteiger partial charge in [0.1, 0.15) is 0 Å². The fraction of sp³-hybridized carbons (Fsp3) is 0.250. The van der Waals surface area contributed by atoms with Gasteiger partial charge in [-0.15, -0.1) is 0 Å². The number of rotatable bonds is 0. The highest BCUT2D eigenvalue weighted by Gasteiger charge is 2.05. The Kier molecular flexibility index (Phi) is 3.22. The molecular formula is C8H11N3O2. The second kappa shape index (κ2) is 4.42.